The van der Waals surface area contributed by atoms with Gasteiger partial charge in [-0.3, -0.25) is 0 Å². The summed E-state index contributed by atoms with van der Waals surface area (Å²) >= 11 is 0. The van der Waals surface area contributed by atoms with Crippen LogP contribution in [0.1, 0.15) is 0 Å². The molecule has 0 aliphatic heterocycles. The van der Waals surface area contributed by atoms with Crippen LogP contribution in [-0.2, 0) is 0 Å². The molecular formula is C11H7F3N2O. The normalized spacial score (nSPS) is 10.3. The first kappa shape index (κ1) is 11.3. The van der Waals surface area contributed by atoms with Gasteiger partial charge in [0.2, 0.25) is 0 Å². The molecule has 1 aromatic carbocycles. The van der Waals surface area contributed by atoms with Crippen LogP contribution in [0.5, 0.6) is 11.5 Å². The predicted octanol–water partition coefficient (Wildman–Crippen LogP) is 2.87. The van der Waals surface area contributed by atoms with Gasteiger partial charge in [-0.2, -0.15) is 0 Å². The fourth-order valence-corrected chi connectivity index (χ4v) is 1.20. The molecule has 1 aromatic heterocycles. The summed E-state index contributed by atoms with van der Waals surface area (Å²) in [7, 11) is 0. The van der Waals surface area contributed by atoms with Gasteiger partial charge in [-0.25, -0.2) is 18.2 Å². The SMILES string of the molecule is Nc1ccc(Oc2c(F)cc(F)cc2F)cn1. The number of hydrogen-bond acceptors (Lipinski definition) is 3. The minimum atomic E-state index is -1.13. The molecule has 0 saturated heterocycles. The van der Waals surface area contributed by atoms with Crippen LogP contribution in [-0.4, -0.2) is 4.98 Å². The summed E-state index contributed by atoms with van der Waals surface area (Å²) in [6, 6.07) is 3.87. The van der Waals surface area contributed by atoms with Gasteiger partial charge in [-0.15, -0.1) is 0 Å². The first-order valence-corrected chi connectivity index (χ1v) is 4.60. The number of aromatic nitrogens is 1. The van der Waals surface area contributed by atoms with Crippen molar-refractivity contribution in [1.29, 1.82) is 0 Å². The van der Waals surface area contributed by atoms with Crippen molar-refractivity contribution in [3.63, 3.8) is 0 Å². The van der Waals surface area contributed by atoms with Crippen molar-refractivity contribution >= 4 is 5.82 Å². The highest BCUT2D eigenvalue weighted by Crippen LogP contribution is 2.27. The molecule has 0 spiro atoms. The van der Waals surface area contributed by atoms with E-state index in [9.17, 15) is 13.2 Å². The zero-order valence-corrected chi connectivity index (χ0v) is 8.45. The van der Waals surface area contributed by atoms with E-state index < -0.39 is 23.2 Å². The Bertz CT molecular complexity index is 520. The number of nitrogens with zero attached hydrogens (tertiary/aromatic N) is 1. The number of ether oxygens (including phenoxy) is 1. The molecule has 88 valence electrons. The molecule has 0 fully saturated rings. The van der Waals surface area contributed by atoms with E-state index in [1.807, 2.05) is 0 Å². The topological polar surface area (TPSA) is 48.1 Å². The molecule has 0 unspecified atom stereocenters. The average Bonchev–Trinajstić information content (AvgIpc) is 2.26. The minimum Gasteiger partial charge on any atom is -0.450 e. The number of anilines is 1. The Morgan fingerprint density at radius 1 is 1.06 bits per heavy atom. The van der Waals surface area contributed by atoms with Crippen LogP contribution in [0.4, 0.5) is 19.0 Å². The molecule has 2 N–H and O–H groups in total. The van der Waals surface area contributed by atoms with Gasteiger partial charge < -0.3 is 10.5 Å². The molecule has 0 amide bonds. The van der Waals surface area contributed by atoms with E-state index >= 15 is 0 Å². The van der Waals surface area contributed by atoms with Gasteiger partial charge in [0.25, 0.3) is 0 Å². The van der Waals surface area contributed by atoms with Crippen LogP contribution < -0.4 is 10.5 Å². The van der Waals surface area contributed by atoms with Crippen LogP contribution in [0.2, 0.25) is 0 Å². The third-order valence-corrected chi connectivity index (χ3v) is 1.94. The number of rotatable bonds is 2. The molecule has 0 radical (unpaired) electrons. The van der Waals surface area contributed by atoms with Crippen LogP contribution >= 0.6 is 0 Å². The van der Waals surface area contributed by atoms with Crippen molar-refractivity contribution in [1.82, 2.24) is 4.98 Å². The maximum absolute atomic E-state index is 13.2. The third-order valence-electron chi connectivity index (χ3n) is 1.94. The Hall–Kier alpha value is -2.24. The first-order valence-electron chi connectivity index (χ1n) is 4.60. The van der Waals surface area contributed by atoms with E-state index in [2.05, 4.69) is 4.98 Å². The smallest absolute Gasteiger partial charge is 0.198 e. The van der Waals surface area contributed by atoms with Crippen LogP contribution in [0, 0.1) is 17.5 Å². The first-order chi connectivity index (χ1) is 8.06. The molecule has 17 heavy (non-hydrogen) atoms. The molecule has 3 nitrogen and oxygen atoms in total. The summed E-state index contributed by atoms with van der Waals surface area (Å²) in [5.74, 6) is -3.60. The summed E-state index contributed by atoms with van der Waals surface area (Å²) in [5.41, 5.74) is 5.34. The standard InChI is InChI=1S/C11H7F3N2O/c12-6-3-8(13)11(9(14)4-6)17-7-1-2-10(15)16-5-7/h1-5H,(H2,15,16). The van der Waals surface area contributed by atoms with E-state index in [1.165, 1.54) is 18.3 Å². The van der Waals surface area contributed by atoms with Crippen molar-refractivity contribution in [2.45, 2.75) is 0 Å². The Balaban J connectivity index is 2.33. The van der Waals surface area contributed by atoms with Crippen molar-refractivity contribution in [2.75, 3.05) is 5.73 Å². The summed E-state index contributed by atoms with van der Waals surface area (Å²) < 4.78 is 44.0. The lowest BCUT2D eigenvalue weighted by Gasteiger charge is -2.07. The summed E-state index contributed by atoms with van der Waals surface area (Å²) in [6.07, 6.45) is 1.21. The van der Waals surface area contributed by atoms with Gasteiger partial charge in [-0.05, 0) is 12.1 Å². The zero-order chi connectivity index (χ0) is 12.4. The lowest BCUT2D eigenvalue weighted by Crippen LogP contribution is -1.95. The molecule has 1 heterocycles. The number of benzene rings is 1. The highest BCUT2D eigenvalue weighted by atomic mass is 19.1. The highest BCUT2D eigenvalue weighted by Gasteiger charge is 2.13. The second-order valence-corrected chi connectivity index (χ2v) is 3.22. The summed E-state index contributed by atoms with van der Waals surface area (Å²) in [5, 5.41) is 0. The molecular weight excluding hydrogens is 233 g/mol. The Labute approximate surface area is 94.7 Å². The minimum absolute atomic E-state index is 0.101. The van der Waals surface area contributed by atoms with Crippen LogP contribution in [0.3, 0.4) is 0 Å². The zero-order valence-electron chi connectivity index (χ0n) is 8.45. The van der Waals surface area contributed by atoms with E-state index in [0.29, 0.717) is 12.1 Å². The van der Waals surface area contributed by atoms with Gasteiger partial charge in [0.15, 0.2) is 17.4 Å². The number of hydrogen-bond donors (Lipinski definition) is 1. The third kappa shape index (κ3) is 2.47. The van der Waals surface area contributed by atoms with Gasteiger partial charge >= 0.3 is 0 Å². The highest BCUT2D eigenvalue weighted by molar-refractivity contribution is 5.36. The fraction of sp³-hybridized carbons (Fsp3) is 0. The van der Waals surface area contributed by atoms with Crippen molar-refractivity contribution in [2.24, 2.45) is 0 Å². The fourth-order valence-electron chi connectivity index (χ4n) is 1.20. The molecule has 0 aliphatic rings. The van der Waals surface area contributed by atoms with Gasteiger partial charge in [0.1, 0.15) is 17.4 Å². The van der Waals surface area contributed by atoms with Gasteiger partial charge in [-0.1, -0.05) is 0 Å². The van der Waals surface area contributed by atoms with Crippen molar-refractivity contribution < 1.29 is 17.9 Å². The van der Waals surface area contributed by atoms with Crippen LogP contribution in [0.25, 0.3) is 0 Å². The van der Waals surface area contributed by atoms with E-state index in [1.54, 1.807) is 0 Å². The summed E-state index contributed by atoms with van der Waals surface area (Å²) in [4.78, 5) is 3.69. The Kier molecular flexibility index (Phi) is 2.86. The quantitative estimate of drug-likeness (QED) is 0.877. The second-order valence-electron chi connectivity index (χ2n) is 3.22. The summed E-state index contributed by atoms with van der Waals surface area (Å²) in [6.45, 7) is 0. The Morgan fingerprint density at radius 3 is 2.24 bits per heavy atom. The van der Waals surface area contributed by atoms with E-state index in [0.717, 1.165) is 0 Å². The number of nitrogen functional groups attached to an aromatic ring is 1. The van der Waals surface area contributed by atoms with E-state index in [-0.39, 0.29) is 11.6 Å². The number of halogens is 3. The Morgan fingerprint density at radius 2 is 1.71 bits per heavy atom. The molecule has 6 heteroatoms. The van der Waals surface area contributed by atoms with Crippen LogP contribution in [0.15, 0.2) is 30.5 Å². The molecule has 0 bridgehead atoms. The number of pyridine rings is 1. The van der Waals surface area contributed by atoms with E-state index in [4.69, 9.17) is 10.5 Å². The van der Waals surface area contributed by atoms with Crippen molar-refractivity contribution in [3.8, 4) is 11.5 Å². The number of nitrogens with two attached hydrogens (primary N) is 1. The molecule has 2 rings (SSSR count). The monoisotopic (exact) mass is 240 g/mol. The molecule has 0 aliphatic carbocycles. The second kappa shape index (κ2) is 4.32. The molecule has 2 aromatic rings. The maximum Gasteiger partial charge on any atom is 0.198 e. The van der Waals surface area contributed by atoms with Gasteiger partial charge in [0, 0.05) is 12.1 Å². The average molecular weight is 240 g/mol. The lowest BCUT2D eigenvalue weighted by atomic mass is 10.3. The molecule has 0 atom stereocenters. The molecule has 0 saturated carbocycles. The lowest BCUT2D eigenvalue weighted by molar-refractivity contribution is 0.400. The van der Waals surface area contributed by atoms with Crippen molar-refractivity contribution in [3.05, 3.63) is 47.9 Å². The predicted molar refractivity (Wildman–Crippen MR) is 55.0 cm³/mol. The van der Waals surface area contributed by atoms with Gasteiger partial charge in [0.05, 0.1) is 6.20 Å². The maximum atomic E-state index is 13.2. The largest absolute Gasteiger partial charge is 0.450 e.